The largest absolute Gasteiger partial charge is 0.324 e. The molecule has 0 aromatic carbocycles. The Morgan fingerprint density at radius 2 is 2.21 bits per heavy atom. The number of hydrogen-bond donors (Lipinski definition) is 2. The lowest BCUT2D eigenvalue weighted by Crippen LogP contribution is -2.10. The molecule has 0 radical (unpaired) electrons. The van der Waals surface area contributed by atoms with Gasteiger partial charge in [-0.3, -0.25) is 9.97 Å². The molecule has 0 unspecified atom stereocenters. The first kappa shape index (κ1) is 8.83. The number of nitrogens with one attached hydrogen (secondary N) is 2. The van der Waals surface area contributed by atoms with E-state index in [0.717, 1.165) is 5.56 Å². The average molecular weight is 205 g/mol. The fraction of sp³-hybridized carbons (Fsp3) is 0. The van der Waals surface area contributed by atoms with Gasteiger partial charge in [0.1, 0.15) is 4.64 Å². The number of nitrogens with zero attached hydrogens (tertiary/aromatic N) is 1. The van der Waals surface area contributed by atoms with E-state index in [9.17, 15) is 4.79 Å². The first-order valence-electron chi connectivity index (χ1n) is 4.00. The van der Waals surface area contributed by atoms with Gasteiger partial charge >= 0.3 is 5.69 Å². The van der Waals surface area contributed by atoms with Crippen molar-refractivity contribution in [1.29, 1.82) is 0 Å². The van der Waals surface area contributed by atoms with E-state index in [4.69, 9.17) is 12.2 Å². The normalized spacial score (nSPS) is 10.0. The zero-order valence-corrected chi connectivity index (χ0v) is 7.97. The van der Waals surface area contributed by atoms with Gasteiger partial charge in [0.15, 0.2) is 0 Å². The van der Waals surface area contributed by atoms with Gasteiger partial charge in [0.05, 0.1) is 5.69 Å². The van der Waals surface area contributed by atoms with E-state index >= 15 is 0 Å². The van der Waals surface area contributed by atoms with Gasteiger partial charge in [-0.15, -0.1) is 0 Å². The van der Waals surface area contributed by atoms with Crippen molar-refractivity contribution in [2.75, 3.05) is 0 Å². The lowest BCUT2D eigenvalue weighted by Gasteiger charge is -1.98. The van der Waals surface area contributed by atoms with Crippen molar-refractivity contribution >= 4 is 12.2 Å². The molecule has 0 fully saturated rings. The van der Waals surface area contributed by atoms with E-state index in [2.05, 4.69) is 15.0 Å². The van der Waals surface area contributed by atoms with Crippen molar-refractivity contribution in [2.24, 2.45) is 0 Å². The van der Waals surface area contributed by atoms with Gasteiger partial charge in [-0.1, -0.05) is 12.2 Å². The van der Waals surface area contributed by atoms with Crippen LogP contribution < -0.4 is 5.69 Å². The molecule has 2 N–H and O–H groups in total. The molecule has 0 saturated heterocycles. The smallest absolute Gasteiger partial charge is 0.307 e. The maximum absolute atomic E-state index is 11.1. The monoisotopic (exact) mass is 205 g/mol. The Hall–Kier alpha value is -1.75. The molecule has 2 heterocycles. The number of H-pyrrole nitrogens is 2. The summed E-state index contributed by atoms with van der Waals surface area (Å²) in [6, 6.07) is 5.34. The average Bonchev–Trinajstić information content (AvgIpc) is 2.18. The molecule has 2 aromatic rings. The van der Waals surface area contributed by atoms with Crippen molar-refractivity contribution < 1.29 is 0 Å². The highest BCUT2D eigenvalue weighted by atomic mass is 32.1. The van der Waals surface area contributed by atoms with Crippen molar-refractivity contribution in [3.63, 3.8) is 0 Å². The summed E-state index contributed by atoms with van der Waals surface area (Å²) < 4.78 is 0.410. The summed E-state index contributed by atoms with van der Waals surface area (Å²) in [4.78, 5) is 20.2. The van der Waals surface area contributed by atoms with Crippen LogP contribution in [0.2, 0.25) is 0 Å². The molecule has 14 heavy (non-hydrogen) atoms. The molecule has 0 atom stereocenters. The van der Waals surface area contributed by atoms with Crippen LogP contribution in [0.15, 0.2) is 35.4 Å². The summed E-state index contributed by atoms with van der Waals surface area (Å²) in [7, 11) is 0. The quantitative estimate of drug-likeness (QED) is 0.693. The van der Waals surface area contributed by atoms with E-state index in [0.29, 0.717) is 10.3 Å². The van der Waals surface area contributed by atoms with Gasteiger partial charge < -0.3 is 4.98 Å². The zero-order chi connectivity index (χ0) is 9.97. The van der Waals surface area contributed by atoms with Gasteiger partial charge in [-0.2, -0.15) is 0 Å². The molecule has 0 aliphatic carbocycles. The van der Waals surface area contributed by atoms with E-state index in [1.165, 1.54) is 0 Å². The van der Waals surface area contributed by atoms with Crippen LogP contribution in [0, 0.1) is 4.64 Å². The van der Waals surface area contributed by atoms with E-state index < -0.39 is 0 Å². The minimum absolute atomic E-state index is 0.309. The van der Waals surface area contributed by atoms with Crippen molar-refractivity contribution in [2.45, 2.75) is 0 Å². The number of pyridine rings is 1. The van der Waals surface area contributed by atoms with Gasteiger partial charge in [0.25, 0.3) is 0 Å². The predicted molar refractivity (Wildman–Crippen MR) is 55.5 cm³/mol. The summed E-state index contributed by atoms with van der Waals surface area (Å²) >= 11 is 4.89. The van der Waals surface area contributed by atoms with Crippen molar-refractivity contribution in [3.05, 3.63) is 45.7 Å². The maximum atomic E-state index is 11.1. The van der Waals surface area contributed by atoms with E-state index in [1.807, 2.05) is 6.07 Å². The molecule has 0 bridgehead atoms. The molecule has 4 nitrogen and oxygen atoms in total. The molecule has 2 aromatic heterocycles. The molecule has 0 spiro atoms. The molecular weight excluding hydrogens is 198 g/mol. The Morgan fingerprint density at radius 1 is 1.36 bits per heavy atom. The second kappa shape index (κ2) is 3.55. The van der Waals surface area contributed by atoms with Crippen LogP contribution in [-0.4, -0.2) is 15.0 Å². The van der Waals surface area contributed by atoms with Crippen molar-refractivity contribution in [3.8, 4) is 11.3 Å². The Bertz CT molecular complexity index is 515. The van der Waals surface area contributed by atoms with Crippen LogP contribution in [0.25, 0.3) is 11.3 Å². The summed E-state index contributed by atoms with van der Waals surface area (Å²) in [5, 5.41) is 0. The minimum atomic E-state index is -0.309. The maximum Gasteiger partial charge on any atom is 0.324 e. The molecule has 0 aliphatic rings. The minimum Gasteiger partial charge on any atom is -0.307 e. The van der Waals surface area contributed by atoms with Crippen molar-refractivity contribution in [1.82, 2.24) is 15.0 Å². The molecular formula is C9H7N3OS. The third-order valence-electron chi connectivity index (χ3n) is 1.73. The molecule has 0 saturated carbocycles. The second-order valence-corrected chi connectivity index (χ2v) is 3.18. The van der Waals surface area contributed by atoms with E-state index in [-0.39, 0.29) is 5.69 Å². The molecule has 0 amide bonds. The third-order valence-corrected chi connectivity index (χ3v) is 1.95. The van der Waals surface area contributed by atoms with E-state index in [1.54, 1.807) is 24.5 Å². The second-order valence-electron chi connectivity index (χ2n) is 2.74. The highest BCUT2D eigenvalue weighted by molar-refractivity contribution is 7.71. The Morgan fingerprint density at radius 3 is 2.86 bits per heavy atom. The van der Waals surface area contributed by atoms with Crippen LogP contribution in [-0.2, 0) is 0 Å². The SMILES string of the molecule is O=c1[nH]c(-c2cccnc2)cc(=S)[nH]1. The fourth-order valence-electron chi connectivity index (χ4n) is 1.15. The Labute approximate surface area is 84.7 Å². The fourth-order valence-corrected chi connectivity index (χ4v) is 1.36. The highest BCUT2D eigenvalue weighted by Gasteiger charge is 1.97. The third kappa shape index (κ3) is 1.77. The number of rotatable bonds is 1. The lowest BCUT2D eigenvalue weighted by molar-refractivity contribution is 1.06. The van der Waals surface area contributed by atoms with Crippen LogP contribution in [0.4, 0.5) is 0 Å². The zero-order valence-electron chi connectivity index (χ0n) is 7.15. The first-order chi connectivity index (χ1) is 6.75. The summed E-state index contributed by atoms with van der Waals surface area (Å²) in [5.74, 6) is 0. The summed E-state index contributed by atoms with van der Waals surface area (Å²) in [6.07, 6.45) is 3.34. The number of aromatic amines is 2. The molecule has 0 aliphatic heterocycles. The Kier molecular flexibility index (Phi) is 2.24. The number of aromatic nitrogens is 3. The molecule has 2 rings (SSSR count). The van der Waals surface area contributed by atoms with Crippen LogP contribution in [0.5, 0.6) is 0 Å². The van der Waals surface area contributed by atoms with Crippen LogP contribution in [0.3, 0.4) is 0 Å². The standard InChI is InChI=1S/C9H7N3OS/c13-9-11-7(4-8(14)12-9)6-2-1-3-10-5-6/h1-5H,(H2,11,12,13,14). The highest BCUT2D eigenvalue weighted by Crippen LogP contribution is 2.12. The van der Waals surface area contributed by atoms with Gasteiger partial charge in [0.2, 0.25) is 0 Å². The first-order valence-corrected chi connectivity index (χ1v) is 4.40. The predicted octanol–water partition coefficient (Wildman–Crippen LogP) is 1.49. The van der Waals surface area contributed by atoms with Gasteiger partial charge in [-0.25, -0.2) is 4.79 Å². The number of hydrogen-bond acceptors (Lipinski definition) is 3. The summed E-state index contributed by atoms with van der Waals surface area (Å²) in [6.45, 7) is 0. The summed E-state index contributed by atoms with van der Waals surface area (Å²) in [5.41, 5.74) is 1.20. The molecule has 5 heteroatoms. The topological polar surface area (TPSA) is 61.5 Å². The van der Waals surface area contributed by atoms with Gasteiger partial charge in [-0.05, 0) is 18.2 Å². The van der Waals surface area contributed by atoms with Crippen LogP contribution in [0.1, 0.15) is 0 Å². The van der Waals surface area contributed by atoms with Gasteiger partial charge in [0, 0.05) is 18.0 Å². The Balaban J connectivity index is 2.64. The molecule has 70 valence electrons. The van der Waals surface area contributed by atoms with Crippen LogP contribution >= 0.6 is 12.2 Å². The lowest BCUT2D eigenvalue weighted by atomic mass is 10.2.